The molecule has 0 aliphatic carbocycles. The first-order chi connectivity index (χ1) is 56.7. The molecular formula is C92H155NO24. The van der Waals surface area contributed by atoms with Crippen LogP contribution < -0.4 is 5.32 Å². The van der Waals surface area contributed by atoms with Crippen molar-refractivity contribution in [2.24, 2.45) is 0 Å². The second-order valence-electron chi connectivity index (χ2n) is 32.6. The highest BCUT2D eigenvalue weighted by Crippen LogP contribution is 2.38. The number of aliphatic hydroxyl groups excluding tert-OH is 1. The van der Waals surface area contributed by atoms with E-state index in [9.17, 15) is 48.3 Å². The predicted octanol–water partition coefficient (Wildman–Crippen LogP) is 18.6. The lowest BCUT2D eigenvalue weighted by molar-refractivity contribution is -0.365. The molecule has 3 heterocycles. The molecule has 0 radical (unpaired) electrons. The van der Waals surface area contributed by atoms with Crippen LogP contribution in [0.4, 0.5) is 0 Å². The minimum Gasteiger partial charge on any atom is -0.469 e. The molecule has 2 N–H and O–H groups in total. The van der Waals surface area contributed by atoms with Crippen molar-refractivity contribution in [2.45, 2.75) is 468 Å². The number of rotatable bonds is 68. The number of methoxy groups -OCH3 is 1. The highest BCUT2D eigenvalue weighted by atomic mass is 16.8. The smallest absolute Gasteiger partial charge is 0.338 e. The maximum absolute atomic E-state index is 14.6. The summed E-state index contributed by atoms with van der Waals surface area (Å²) in [5.74, 6) is -6.32. The first kappa shape index (κ1) is 104. The summed E-state index contributed by atoms with van der Waals surface area (Å²) in [7, 11) is 1.31. The largest absolute Gasteiger partial charge is 0.469 e. The number of unbranched alkanes of at least 4 members (excludes halogenated alkanes) is 40. The number of benzene rings is 1. The zero-order valence-corrected chi connectivity index (χ0v) is 73.4. The Balaban J connectivity index is 1.85. The average molecular weight is 1660 g/mol. The summed E-state index contributed by atoms with van der Waals surface area (Å²) in [4.78, 5) is 124. The zero-order chi connectivity index (χ0) is 85.1. The Morgan fingerprint density at radius 3 is 1.15 bits per heavy atom. The van der Waals surface area contributed by atoms with Gasteiger partial charge in [-0.05, 0) is 57.6 Å². The fourth-order valence-corrected chi connectivity index (χ4v) is 15.4. The quantitative estimate of drug-likeness (QED) is 0.0348. The molecule has 3 aliphatic heterocycles. The van der Waals surface area contributed by atoms with Crippen molar-refractivity contribution >= 4 is 53.7 Å². The van der Waals surface area contributed by atoms with Crippen LogP contribution in [-0.2, 0) is 105 Å². The van der Waals surface area contributed by atoms with E-state index in [1.807, 2.05) is 0 Å². The first-order valence-electron chi connectivity index (χ1n) is 46.0. The van der Waals surface area contributed by atoms with E-state index >= 15 is 0 Å². The third-order valence-electron chi connectivity index (χ3n) is 22.1. The first-order valence-corrected chi connectivity index (χ1v) is 46.0. The van der Waals surface area contributed by atoms with Gasteiger partial charge in [-0.1, -0.05) is 296 Å². The van der Waals surface area contributed by atoms with Crippen LogP contribution in [0.3, 0.4) is 0 Å². The van der Waals surface area contributed by atoms with Gasteiger partial charge in [0.1, 0.15) is 49.8 Å². The van der Waals surface area contributed by atoms with Crippen LogP contribution in [0.2, 0.25) is 0 Å². The second-order valence-corrected chi connectivity index (χ2v) is 32.6. The Morgan fingerprint density at radius 2 is 0.726 bits per heavy atom. The molecule has 25 heteroatoms. The molecular weight excluding hydrogens is 1500 g/mol. The van der Waals surface area contributed by atoms with Gasteiger partial charge in [0.15, 0.2) is 49.4 Å². The monoisotopic (exact) mass is 1660 g/mol. The topological polar surface area (TPSA) is 315 Å². The molecule has 0 aromatic heterocycles. The van der Waals surface area contributed by atoms with Crippen molar-refractivity contribution in [2.75, 3.05) is 26.9 Å². The van der Waals surface area contributed by atoms with Crippen LogP contribution in [0.15, 0.2) is 30.3 Å². The van der Waals surface area contributed by atoms with Gasteiger partial charge in [-0.15, -0.1) is 0 Å². The van der Waals surface area contributed by atoms with Crippen LogP contribution in [-0.4, -0.2) is 178 Å². The molecule has 3 fully saturated rings. The van der Waals surface area contributed by atoms with E-state index in [1.54, 1.807) is 25.1 Å². The van der Waals surface area contributed by atoms with E-state index in [4.69, 9.17) is 66.3 Å². The van der Waals surface area contributed by atoms with Crippen LogP contribution in [0.1, 0.15) is 387 Å². The van der Waals surface area contributed by atoms with E-state index < -0.39 is 153 Å². The van der Waals surface area contributed by atoms with Crippen molar-refractivity contribution in [1.82, 2.24) is 5.32 Å². The predicted molar refractivity (Wildman–Crippen MR) is 445 cm³/mol. The number of carbonyl (C=O) groups excluding carboxylic acids is 9. The lowest BCUT2D eigenvalue weighted by Crippen LogP contribution is -2.70. The van der Waals surface area contributed by atoms with E-state index in [2.05, 4.69) is 33.0 Å². The van der Waals surface area contributed by atoms with E-state index in [0.29, 0.717) is 51.4 Å². The number of amides is 1. The summed E-state index contributed by atoms with van der Waals surface area (Å²) in [6.45, 7) is 12.6. The zero-order valence-electron chi connectivity index (χ0n) is 73.4. The summed E-state index contributed by atoms with van der Waals surface area (Å²) in [5.41, 5.74) is 0.114. The maximum atomic E-state index is 14.6. The standard InChI is InChI=1S/C92H155NO24/c1-10-14-18-22-26-30-31-32-33-34-35-39-43-45-53-62-77(99)112-82-68(5)108-92(105-65-57-49-56-60-75(97)104-9)88(115-89(103)72-58-50-48-51-59-72)87(82)117-90-80(93-69(6)94)85(83(109-71(8)96)73(110-90)66-106-70(7)95)116-91-81(102)86(114-79(101)64-55-47-42-38-29-25-21-17-13-4)84(113-78(100)63-54-46-41-37-28-24-20-16-12-3)74(111-91)67-107-76(98)61-52-44-40-36-27-23-19-15-11-2/h48,50-51,58-59,68,73-74,80-88,90-92,102H,10-47,49,52-57,60-67H2,1-9H3,(H,93,94)/t68-,73+,74+,80+,81+,82-,83+,84-,85+,86+,87+,88+,90-,91+,92+/m0/s1. The van der Waals surface area contributed by atoms with Gasteiger partial charge >= 0.3 is 47.8 Å². The highest BCUT2D eigenvalue weighted by Gasteiger charge is 2.59. The van der Waals surface area contributed by atoms with Crippen LogP contribution in [0.5, 0.6) is 0 Å². The third-order valence-corrected chi connectivity index (χ3v) is 22.1. The molecule has 117 heavy (non-hydrogen) atoms. The van der Waals surface area contributed by atoms with E-state index in [-0.39, 0.29) is 50.2 Å². The normalized spacial score (nSPS) is 23.1. The molecule has 3 aliphatic rings. The van der Waals surface area contributed by atoms with Crippen LogP contribution in [0, 0.1) is 0 Å². The SMILES string of the molecule is CCCCCCCCCCCCCCCCCC(=O)O[C@@H]1[C@@H](O[C@@H]2O[C@H](COC(C)=O)[C@@H](OC(C)=O)[C@H](O[C@H]3O[C@H](COC(=O)CCCCCCCCCCC)[C@H](OC(=O)CCCCCCCCCCC)[C@H](OC(=O)CCCCCCCCCCC)[C@H]3O)[C@H]2NC(C)=O)[C@@H](OC(=O)c2ccccc2)[C@H](OCCCCCC(=O)OC)O[C@H]1C. The average Bonchev–Trinajstić information content (AvgIpc) is 0.759. The molecule has 1 aromatic carbocycles. The van der Waals surface area contributed by atoms with Gasteiger partial charge in [-0.2, -0.15) is 0 Å². The minimum atomic E-state index is -2.06. The van der Waals surface area contributed by atoms with Gasteiger partial charge < -0.3 is 76.7 Å². The van der Waals surface area contributed by atoms with Gasteiger partial charge in [0, 0.05) is 59.5 Å². The van der Waals surface area contributed by atoms with E-state index in [0.717, 1.165) is 162 Å². The Kier molecular flexibility index (Phi) is 57.5. The Labute approximate surface area is 701 Å². The fourth-order valence-electron chi connectivity index (χ4n) is 15.4. The molecule has 15 atom stereocenters. The molecule has 0 bridgehead atoms. The summed E-state index contributed by atoms with van der Waals surface area (Å²) in [5, 5.41) is 15.9. The number of ether oxygens (including phenoxy) is 14. The number of hydrogen-bond acceptors (Lipinski definition) is 24. The van der Waals surface area contributed by atoms with Gasteiger partial charge in [0.2, 0.25) is 5.91 Å². The van der Waals surface area contributed by atoms with Gasteiger partial charge in [-0.25, -0.2) is 4.79 Å². The number of esters is 8. The molecule has 0 unspecified atom stereocenters. The van der Waals surface area contributed by atoms with Crippen molar-refractivity contribution in [3.63, 3.8) is 0 Å². The Morgan fingerprint density at radius 1 is 0.359 bits per heavy atom. The lowest BCUT2D eigenvalue weighted by atomic mass is 9.94. The van der Waals surface area contributed by atoms with Crippen LogP contribution in [0.25, 0.3) is 0 Å². The lowest BCUT2D eigenvalue weighted by Gasteiger charge is -2.50. The molecule has 672 valence electrons. The number of aliphatic hydroxyl groups is 1. The highest BCUT2D eigenvalue weighted by molar-refractivity contribution is 5.89. The molecule has 1 amide bonds. The molecule has 0 saturated carbocycles. The fraction of sp³-hybridized carbons (Fsp3) is 0.837. The van der Waals surface area contributed by atoms with Crippen molar-refractivity contribution in [1.29, 1.82) is 0 Å². The molecule has 4 rings (SSSR count). The van der Waals surface area contributed by atoms with Gasteiger partial charge in [0.05, 0.1) is 18.8 Å². The molecule has 3 saturated heterocycles. The van der Waals surface area contributed by atoms with E-state index in [1.165, 1.54) is 116 Å². The Bertz CT molecular complexity index is 2830. The summed E-state index contributed by atoms with van der Waals surface area (Å²) in [6, 6.07) is 6.38. The van der Waals surface area contributed by atoms with Crippen molar-refractivity contribution in [3.05, 3.63) is 35.9 Å². The number of nitrogens with one attached hydrogen (secondary N) is 1. The van der Waals surface area contributed by atoms with Gasteiger partial charge in [-0.3, -0.25) is 38.4 Å². The summed E-state index contributed by atoms with van der Waals surface area (Å²) < 4.78 is 88.7. The van der Waals surface area contributed by atoms with Crippen molar-refractivity contribution < 1.29 is 115 Å². The number of carbonyl (C=O) groups is 9. The molecule has 25 nitrogen and oxygen atoms in total. The third kappa shape index (κ3) is 45.0. The number of hydrogen-bond donors (Lipinski definition) is 2. The Hall–Kier alpha value is -5.83. The summed E-state index contributed by atoms with van der Waals surface area (Å²) in [6.07, 6.45) is 21.6. The minimum absolute atomic E-state index is 0.00530. The molecule has 0 spiro atoms. The van der Waals surface area contributed by atoms with Gasteiger partial charge in [0.25, 0.3) is 0 Å². The van der Waals surface area contributed by atoms with Crippen molar-refractivity contribution in [3.8, 4) is 0 Å². The summed E-state index contributed by atoms with van der Waals surface area (Å²) >= 11 is 0. The molecule has 1 aromatic rings. The van der Waals surface area contributed by atoms with Crippen LogP contribution >= 0.6 is 0 Å². The maximum Gasteiger partial charge on any atom is 0.338 e. The second kappa shape index (κ2) is 65.0.